The Morgan fingerprint density at radius 3 is 2.63 bits per heavy atom. The van der Waals surface area contributed by atoms with Gasteiger partial charge in [0.2, 0.25) is 0 Å². The van der Waals surface area contributed by atoms with Crippen LogP contribution in [0.5, 0.6) is 5.75 Å². The summed E-state index contributed by atoms with van der Waals surface area (Å²) < 4.78 is 28.3. The second-order valence-corrected chi connectivity index (χ2v) is 4.23. The number of halogens is 2. The van der Waals surface area contributed by atoms with E-state index in [9.17, 15) is 13.6 Å². The van der Waals surface area contributed by atoms with Crippen molar-refractivity contribution in [2.24, 2.45) is 5.92 Å². The first-order chi connectivity index (χ1) is 8.93. The van der Waals surface area contributed by atoms with Gasteiger partial charge in [0, 0.05) is 5.56 Å². The Bertz CT molecular complexity index is 484. The predicted octanol–water partition coefficient (Wildman–Crippen LogP) is 2.57. The molecule has 0 fully saturated rings. The van der Waals surface area contributed by atoms with Gasteiger partial charge in [-0.25, -0.2) is 0 Å². The van der Waals surface area contributed by atoms with Gasteiger partial charge in [-0.2, -0.15) is 14.0 Å². The topological polar surface area (TPSA) is 62.1 Å². The Morgan fingerprint density at radius 1 is 1.42 bits per heavy atom. The largest absolute Gasteiger partial charge is 0.435 e. The molecule has 1 aromatic carbocycles. The second-order valence-electron chi connectivity index (χ2n) is 4.23. The average Bonchev–Trinajstić information content (AvgIpc) is 2.34. The molecule has 1 amide bonds. The van der Waals surface area contributed by atoms with Gasteiger partial charge in [-0.05, 0) is 24.1 Å². The second kappa shape index (κ2) is 6.69. The Morgan fingerprint density at radius 2 is 2.11 bits per heavy atom. The molecule has 0 radical (unpaired) electrons. The molecule has 19 heavy (non-hydrogen) atoms. The fourth-order valence-corrected chi connectivity index (χ4v) is 1.39. The Labute approximate surface area is 110 Å². The summed E-state index contributed by atoms with van der Waals surface area (Å²) in [5.74, 6) is -0.643. The predicted molar refractivity (Wildman–Crippen MR) is 64.8 cm³/mol. The third-order valence-electron chi connectivity index (χ3n) is 2.41. The number of nitriles is 1. The number of hydrogen-bond acceptors (Lipinski definition) is 3. The minimum atomic E-state index is -2.94. The standard InChI is InChI=1S/C13H14F2N2O2/c1-8(2)11(7-16)17-12(18)9-4-3-5-10(6-9)19-13(14)15/h3-6,8,11,13H,1-2H3,(H,17,18). The first kappa shape index (κ1) is 14.9. The van der Waals surface area contributed by atoms with Gasteiger partial charge >= 0.3 is 6.61 Å². The highest BCUT2D eigenvalue weighted by atomic mass is 19.3. The highest BCUT2D eigenvalue weighted by molar-refractivity contribution is 5.94. The minimum Gasteiger partial charge on any atom is -0.435 e. The summed E-state index contributed by atoms with van der Waals surface area (Å²) in [6, 6.07) is 6.76. The van der Waals surface area contributed by atoms with Gasteiger partial charge in [0.15, 0.2) is 0 Å². The number of carbonyl (C=O) groups is 1. The molecule has 0 bridgehead atoms. The van der Waals surface area contributed by atoms with E-state index in [1.165, 1.54) is 24.3 Å². The maximum Gasteiger partial charge on any atom is 0.387 e. The van der Waals surface area contributed by atoms with Crippen LogP contribution in [0, 0.1) is 17.2 Å². The summed E-state index contributed by atoms with van der Waals surface area (Å²) in [7, 11) is 0. The lowest BCUT2D eigenvalue weighted by atomic mass is 10.1. The highest BCUT2D eigenvalue weighted by Crippen LogP contribution is 2.16. The summed E-state index contributed by atoms with van der Waals surface area (Å²) in [5, 5.41) is 11.4. The maximum atomic E-state index is 12.1. The first-order valence-corrected chi connectivity index (χ1v) is 5.69. The van der Waals surface area contributed by atoms with Crippen LogP contribution in [0.25, 0.3) is 0 Å². The Kier molecular flexibility index (Phi) is 5.24. The van der Waals surface area contributed by atoms with Gasteiger partial charge in [-0.1, -0.05) is 19.9 Å². The van der Waals surface area contributed by atoms with E-state index in [1.54, 1.807) is 13.8 Å². The van der Waals surface area contributed by atoms with Crippen molar-refractivity contribution in [2.45, 2.75) is 26.5 Å². The van der Waals surface area contributed by atoms with E-state index in [0.29, 0.717) is 0 Å². The van der Waals surface area contributed by atoms with Gasteiger partial charge in [0.1, 0.15) is 11.8 Å². The molecule has 0 aliphatic carbocycles. The maximum absolute atomic E-state index is 12.1. The van der Waals surface area contributed by atoms with E-state index in [-0.39, 0.29) is 17.2 Å². The summed E-state index contributed by atoms with van der Waals surface area (Å²) in [6.45, 7) is 0.649. The number of hydrogen-bond donors (Lipinski definition) is 1. The molecule has 1 rings (SSSR count). The molecule has 1 aromatic rings. The zero-order valence-corrected chi connectivity index (χ0v) is 10.6. The number of carbonyl (C=O) groups excluding carboxylic acids is 1. The van der Waals surface area contributed by atoms with Crippen LogP contribution in [-0.2, 0) is 0 Å². The van der Waals surface area contributed by atoms with Crippen LogP contribution in [0.1, 0.15) is 24.2 Å². The molecule has 0 aliphatic heterocycles. The number of ether oxygens (including phenoxy) is 1. The van der Waals surface area contributed by atoms with Crippen molar-refractivity contribution in [1.82, 2.24) is 5.32 Å². The van der Waals surface area contributed by atoms with Crippen molar-refractivity contribution in [3.63, 3.8) is 0 Å². The molecule has 0 aliphatic rings. The molecule has 4 nitrogen and oxygen atoms in total. The molecule has 6 heteroatoms. The van der Waals surface area contributed by atoms with Crippen molar-refractivity contribution >= 4 is 5.91 Å². The SMILES string of the molecule is CC(C)C(C#N)NC(=O)c1cccc(OC(F)F)c1. The summed E-state index contributed by atoms with van der Waals surface area (Å²) in [6.07, 6.45) is 0. The lowest BCUT2D eigenvalue weighted by molar-refractivity contribution is -0.0498. The number of amides is 1. The molecule has 102 valence electrons. The van der Waals surface area contributed by atoms with Crippen LogP contribution in [0.4, 0.5) is 8.78 Å². The van der Waals surface area contributed by atoms with E-state index in [4.69, 9.17) is 5.26 Å². The first-order valence-electron chi connectivity index (χ1n) is 5.69. The van der Waals surface area contributed by atoms with Gasteiger partial charge in [0.05, 0.1) is 6.07 Å². The number of nitrogens with zero attached hydrogens (tertiary/aromatic N) is 1. The van der Waals surface area contributed by atoms with Crippen molar-refractivity contribution in [3.05, 3.63) is 29.8 Å². The van der Waals surface area contributed by atoms with Crippen LogP contribution in [0.2, 0.25) is 0 Å². The number of alkyl halides is 2. The molecule has 0 heterocycles. The lowest BCUT2D eigenvalue weighted by Gasteiger charge is -2.15. The number of benzene rings is 1. The Balaban J connectivity index is 2.80. The van der Waals surface area contributed by atoms with E-state index in [1.807, 2.05) is 6.07 Å². The summed E-state index contributed by atoms with van der Waals surface area (Å²) in [4.78, 5) is 11.9. The van der Waals surface area contributed by atoms with E-state index in [2.05, 4.69) is 10.1 Å². The zero-order chi connectivity index (χ0) is 14.4. The quantitative estimate of drug-likeness (QED) is 0.892. The molecule has 1 N–H and O–H groups in total. The Hall–Kier alpha value is -2.16. The fourth-order valence-electron chi connectivity index (χ4n) is 1.39. The van der Waals surface area contributed by atoms with Crippen LogP contribution >= 0.6 is 0 Å². The molecular weight excluding hydrogens is 254 g/mol. The zero-order valence-electron chi connectivity index (χ0n) is 10.6. The van der Waals surface area contributed by atoms with Crippen LogP contribution in [-0.4, -0.2) is 18.6 Å². The van der Waals surface area contributed by atoms with Gasteiger partial charge < -0.3 is 10.1 Å². The summed E-state index contributed by atoms with van der Waals surface area (Å²) in [5.41, 5.74) is 0.166. The van der Waals surface area contributed by atoms with Crippen molar-refractivity contribution in [1.29, 1.82) is 5.26 Å². The number of rotatable bonds is 5. The van der Waals surface area contributed by atoms with Crippen LogP contribution < -0.4 is 10.1 Å². The van der Waals surface area contributed by atoms with E-state index >= 15 is 0 Å². The van der Waals surface area contributed by atoms with E-state index in [0.717, 1.165) is 0 Å². The average molecular weight is 268 g/mol. The molecular formula is C13H14F2N2O2. The minimum absolute atomic E-state index is 0.0468. The van der Waals surface area contributed by atoms with Gasteiger partial charge in [-0.3, -0.25) is 4.79 Å². The van der Waals surface area contributed by atoms with Gasteiger partial charge in [-0.15, -0.1) is 0 Å². The van der Waals surface area contributed by atoms with Crippen LogP contribution in [0.3, 0.4) is 0 Å². The van der Waals surface area contributed by atoms with Crippen molar-refractivity contribution in [2.75, 3.05) is 0 Å². The highest BCUT2D eigenvalue weighted by Gasteiger charge is 2.17. The molecule has 1 atom stereocenters. The monoisotopic (exact) mass is 268 g/mol. The molecule has 0 spiro atoms. The smallest absolute Gasteiger partial charge is 0.387 e. The molecule has 0 saturated heterocycles. The fraction of sp³-hybridized carbons (Fsp3) is 0.385. The lowest BCUT2D eigenvalue weighted by Crippen LogP contribution is -2.37. The van der Waals surface area contributed by atoms with E-state index < -0.39 is 18.6 Å². The molecule has 0 aromatic heterocycles. The third kappa shape index (κ3) is 4.54. The van der Waals surface area contributed by atoms with Gasteiger partial charge in [0.25, 0.3) is 5.91 Å². The molecule has 1 unspecified atom stereocenters. The number of nitrogens with one attached hydrogen (secondary N) is 1. The van der Waals surface area contributed by atoms with Crippen molar-refractivity contribution in [3.8, 4) is 11.8 Å². The third-order valence-corrected chi connectivity index (χ3v) is 2.41. The summed E-state index contributed by atoms with van der Waals surface area (Å²) >= 11 is 0. The molecule has 0 saturated carbocycles. The normalized spacial score (nSPS) is 12.1. The van der Waals surface area contributed by atoms with Crippen LogP contribution in [0.15, 0.2) is 24.3 Å². The van der Waals surface area contributed by atoms with Crippen molar-refractivity contribution < 1.29 is 18.3 Å².